The van der Waals surface area contributed by atoms with Crippen LogP contribution in [-0.4, -0.2) is 41.2 Å². The average Bonchev–Trinajstić information content (AvgIpc) is 3.08. The molecule has 0 aromatic carbocycles. The normalized spacial score (nSPS) is 15.2. The SMILES string of the molecule is CNC(=O)Cn1cc(NC(=O)CNC2CCCC2)cn1. The van der Waals surface area contributed by atoms with Crippen molar-refractivity contribution in [2.75, 3.05) is 18.9 Å². The van der Waals surface area contributed by atoms with Crippen molar-refractivity contribution in [3.63, 3.8) is 0 Å². The van der Waals surface area contributed by atoms with E-state index in [-0.39, 0.29) is 18.4 Å². The molecule has 1 aliphatic carbocycles. The van der Waals surface area contributed by atoms with Gasteiger partial charge < -0.3 is 16.0 Å². The largest absolute Gasteiger partial charge is 0.358 e. The van der Waals surface area contributed by atoms with Crippen LogP contribution in [0.1, 0.15) is 25.7 Å². The van der Waals surface area contributed by atoms with E-state index >= 15 is 0 Å². The fourth-order valence-electron chi connectivity index (χ4n) is 2.31. The average molecular weight is 279 g/mol. The van der Waals surface area contributed by atoms with Crippen molar-refractivity contribution in [1.29, 1.82) is 0 Å². The van der Waals surface area contributed by atoms with Gasteiger partial charge in [0.05, 0.1) is 18.4 Å². The number of carbonyl (C=O) groups is 2. The smallest absolute Gasteiger partial charge is 0.241 e. The molecule has 2 amide bonds. The number of amides is 2. The second kappa shape index (κ2) is 7.04. The zero-order chi connectivity index (χ0) is 14.4. The van der Waals surface area contributed by atoms with Gasteiger partial charge in [-0.05, 0) is 12.8 Å². The summed E-state index contributed by atoms with van der Waals surface area (Å²) in [6.07, 6.45) is 7.96. The van der Waals surface area contributed by atoms with Crippen LogP contribution < -0.4 is 16.0 Å². The van der Waals surface area contributed by atoms with Crippen molar-refractivity contribution in [3.05, 3.63) is 12.4 Å². The summed E-state index contributed by atoms with van der Waals surface area (Å²) >= 11 is 0. The fraction of sp³-hybridized carbons (Fsp3) is 0.615. The highest BCUT2D eigenvalue weighted by Crippen LogP contribution is 2.17. The summed E-state index contributed by atoms with van der Waals surface area (Å²) in [6.45, 7) is 0.456. The predicted molar refractivity (Wildman–Crippen MR) is 75.2 cm³/mol. The molecule has 110 valence electrons. The molecular formula is C13H21N5O2. The molecule has 0 unspecified atom stereocenters. The predicted octanol–water partition coefficient (Wildman–Crippen LogP) is 0.0998. The first kappa shape index (κ1) is 14.5. The number of aromatic nitrogens is 2. The van der Waals surface area contributed by atoms with Crippen LogP contribution in [0.15, 0.2) is 12.4 Å². The van der Waals surface area contributed by atoms with Crippen LogP contribution in [0.5, 0.6) is 0 Å². The van der Waals surface area contributed by atoms with Crippen molar-refractivity contribution in [1.82, 2.24) is 20.4 Å². The molecule has 3 N–H and O–H groups in total. The minimum Gasteiger partial charge on any atom is -0.358 e. The zero-order valence-corrected chi connectivity index (χ0v) is 11.7. The fourth-order valence-corrected chi connectivity index (χ4v) is 2.31. The Balaban J connectivity index is 1.74. The van der Waals surface area contributed by atoms with Gasteiger partial charge in [-0.15, -0.1) is 0 Å². The van der Waals surface area contributed by atoms with Gasteiger partial charge >= 0.3 is 0 Å². The third kappa shape index (κ3) is 4.34. The number of likely N-dealkylation sites (N-methyl/N-ethyl adjacent to an activating group) is 1. The maximum atomic E-state index is 11.8. The Bertz CT molecular complexity index is 465. The first-order chi connectivity index (χ1) is 9.67. The van der Waals surface area contributed by atoms with E-state index in [9.17, 15) is 9.59 Å². The maximum Gasteiger partial charge on any atom is 0.241 e. The summed E-state index contributed by atoms with van der Waals surface area (Å²) in [5, 5.41) is 12.5. The first-order valence-corrected chi connectivity index (χ1v) is 6.93. The summed E-state index contributed by atoms with van der Waals surface area (Å²) in [7, 11) is 1.57. The number of hydrogen-bond donors (Lipinski definition) is 3. The molecule has 0 radical (unpaired) electrons. The minimum atomic E-state index is -0.131. The summed E-state index contributed by atoms with van der Waals surface area (Å²) in [4.78, 5) is 23.0. The number of carbonyl (C=O) groups excluding carboxylic acids is 2. The molecule has 1 aromatic rings. The molecule has 1 fully saturated rings. The van der Waals surface area contributed by atoms with Gasteiger partial charge in [-0.25, -0.2) is 0 Å². The van der Waals surface area contributed by atoms with E-state index in [2.05, 4.69) is 21.0 Å². The Kier molecular flexibility index (Phi) is 5.11. The van der Waals surface area contributed by atoms with Crippen molar-refractivity contribution >= 4 is 17.5 Å². The maximum absolute atomic E-state index is 11.8. The van der Waals surface area contributed by atoms with Crippen LogP contribution in [0.3, 0.4) is 0 Å². The molecule has 1 heterocycles. The molecule has 2 rings (SSSR count). The number of nitrogens with one attached hydrogen (secondary N) is 3. The van der Waals surface area contributed by atoms with Crippen LogP contribution in [0.4, 0.5) is 5.69 Å². The molecule has 7 heteroatoms. The lowest BCUT2D eigenvalue weighted by atomic mass is 10.2. The minimum absolute atomic E-state index is 0.0867. The van der Waals surface area contributed by atoms with E-state index in [1.165, 1.54) is 23.7 Å². The highest BCUT2D eigenvalue weighted by Gasteiger charge is 2.15. The highest BCUT2D eigenvalue weighted by atomic mass is 16.2. The summed E-state index contributed by atoms with van der Waals surface area (Å²) in [5.41, 5.74) is 0.604. The highest BCUT2D eigenvalue weighted by molar-refractivity contribution is 5.92. The molecule has 1 saturated carbocycles. The van der Waals surface area contributed by atoms with Gasteiger partial charge in [0.15, 0.2) is 0 Å². The van der Waals surface area contributed by atoms with Gasteiger partial charge in [-0.2, -0.15) is 5.10 Å². The number of anilines is 1. The molecule has 0 spiro atoms. The Hall–Kier alpha value is -1.89. The van der Waals surface area contributed by atoms with Gasteiger partial charge in [0.2, 0.25) is 11.8 Å². The van der Waals surface area contributed by atoms with Crippen molar-refractivity contribution in [2.24, 2.45) is 0 Å². The van der Waals surface area contributed by atoms with E-state index in [0.717, 1.165) is 12.8 Å². The van der Waals surface area contributed by atoms with E-state index in [4.69, 9.17) is 0 Å². The molecule has 20 heavy (non-hydrogen) atoms. The molecule has 0 aliphatic heterocycles. The van der Waals surface area contributed by atoms with Gasteiger partial charge in [-0.3, -0.25) is 14.3 Å². The van der Waals surface area contributed by atoms with Crippen LogP contribution in [0, 0.1) is 0 Å². The summed E-state index contributed by atoms with van der Waals surface area (Å²) in [6, 6.07) is 0.469. The molecule has 0 saturated heterocycles. The number of nitrogens with zero attached hydrogens (tertiary/aromatic N) is 2. The lowest BCUT2D eigenvalue weighted by molar-refractivity contribution is -0.121. The standard InChI is InChI=1S/C13H21N5O2/c1-14-13(20)9-18-8-11(6-16-18)17-12(19)7-15-10-4-2-3-5-10/h6,8,10,15H,2-5,7,9H2,1H3,(H,14,20)(H,17,19). The molecule has 1 aliphatic rings. The van der Waals surface area contributed by atoms with Crippen LogP contribution in [0.25, 0.3) is 0 Å². The summed E-state index contributed by atoms with van der Waals surface area (Å²) in [5.74, 6) is -0.217. The van der Waals surface area contributed by atoms with Crippen molar-refractivity contribution in [3.8, 4) is 0 Å². The van der Waals surface area contributed by atoms with E-state index in [0.29, 0.717) is 18.3 Å². The van der Waals surface area contributed by atoms with Gasteiger partial charge in [0.25, 0.3) is 0 Å². The number of hydrogen-bond acceptors (Lipinski definition) is 4. The second-order valence-electron chi connectivity index (χ2n) is 5.01. The van der Waals surface area contributed by atoms with Gasteiger partial charge in [-0.1, -0.05) is 12.8 Å². The first-order valence-electron chi connectivity index (χ1n) is 6.93. The van der Waals surface area contributed by atoms with E-state index < -0.39 is 0 Å². The van der Waals surface area contributed by atoms with E-state index in [1.54, 1.807) is 13.2 Å². The topological polar surface area (TPSA) is 88.0 Å². The lowest BCUT2D eigenvalue weighted by Gasteiger charge is -2.10. The second-order valence-corrected chi connectivity index (χ2v) is 5.01. The van der Waals surface area contributed by atoms with Crippen molar-refractivity contribution < 1.29 is 9.59 Å². The molecule has 0 atom stereocenters. The Morgan fingerprint density at radius 2 is 2.10 bits per heavy atom. The van der Waals surface area contributed by atoms with Gasteiger partial charge in [0.1, 0.15) is 6.54 Å². The Morgan fingerprint density at radius 1 is 1.35 bits per heavy atom. The summed E-state index contributed by atoms with van der Waals surface area (Å²) < 4.78 is 1.48. The van der Waals surface area contributed by atoms with Crippen LogP contribution in [0.2, 0.25) is 0 Å². The Morgan fingerprint density at radius 3 is 2.80 bits per heavy atom. The van der Waals surface area contributed by atoms with Crippen LogP contribution >= 0.6 is 0 Å². The third-order valence-corrected chi connectivity index (χ3v) is 3.41. The monoisotopic (exact) mass is 279 g/mol. The van der Waals surface area contributed by atoms with Gasteiger partial charge in [0, 0.05) is 19.3 Å². The quantitative estimate of drug-likeness (QED) is 0.689. The van der Waals surface area contributed by atoms with Crippen LogP contribution in [-0.2, 0) is 16.1 Å². The molecule has 7 nitrogen and oxygen atoms in total. The Labute approximate surface area is 118 Å². The molecule has 1 aromatic heterocycles. The van der Waals surface area contributed by atoms with Crippen molar-refractivity contribution in [2.45, 2.75) is 38.3 Å². The number of rotatable bonds is 6. The third-order valence-electron chi connectivity index (χ3n) is 3.41. The zero-order valence-electron chi connectivity index (χ0n) is 11.7. The van der Waals surface area contributed by atoms with E-state index in [1.807, 2.05) is 0 Å². The molecular weight excluding hydrogens is 258 g/mol. The lowest BCUT2D eigenvalue weighted by Crippen LogP contribution is -2.34. The molecule has 0 bridgehead atoms.